The van der Waals surface area contributed by atoms with E-state index in [1.165, 1.54) is 12.5 Å². The average Bonchev–Trinajstić information content (AvgIpc) is 2.11. The van der Waals surface area contributed by atoms with Crippen molar-refractivity contribution in [2.45, 2.75) is 25.3 Å². The number of hydrogen-bond acceptors (Lipinski definition) is 2. The molecule has 16 heavy (non-hydrogen) atoms. The standard InChI is InChI=1S/C11H13BrFNO.ClH/c12-9-8(13)5-4-7(11(9)15)10(14)6-2-1-3-6;/h4-6,10,15H,1-3,14H2;1H/t10-;/m0./s1. The van der Waals surface area contributed by atoms with Crippen molar-refractivity contribution in [2.75, 3.05) is 0 Å². The second kappa shape index (κ2) is 5.34. The summed E-state index contributed by atoms with van der Waals surface area (Å²) in [7, 11) is 0. The number of benzene rings is 1. The van der Waals surface area contributed by atoms with Crippen LogP contribution in [0.2, 0.25) is 0 Å². The zero-order chi connectivity index (χ0) is 11.0. The molecule has 0 radical (unpaired) electrons. The van der Waals surface area contributed by atoms with Crippen LogP contribution in [0.1, 0.15) is 30.9 Å². The molecule has 0 bridgehead atoms. The molecule has 2 nitrogen and oxygen atoms in total. The van der Waals surface area contributed by atoms with E-state index in [0.29, 0.717) is 11.5 Å². The fourth-order valence-electron chi connectivity index (χ4n) is 1.88. The first-order valence-corrected chi connectivity index (χ1v) is 5.83. The first kappa shape index (κ1) is 13.7. The van der Waals surface area contributed by atoms with Crippen LogP contribution in [0.15, 0.2) is 16.6 Å². The fourth-order valence-corrected chi connectivity index (χ4v) is 2.24. The van der Waals surface area contributed by atoms with Crippen molar-refractivity contribution in [3.8, 4) is 5.75 Å². The van der Waals surface area contributed by atoms with Crippen molar-refractivity contribution in [1.29, 1.82) is 0 Å². The van der Waals surface area contributed by atoms with E-state index < -0.39 is 5.82 Å². The summed E-state index contributed by atoms with van der Waals surface area (Å²) >= 11 is 3.01. The van der Waals surface area contributed by atoms with Crippen LogP contribution in [-0.2, 0) is 0 Å². The molecular formula is C11H14BrClFNO. The average molecular weight is 311 g/mol. The Kier molecular flexibility index (Phi) is 4.59. The Labute approximate surface area is 109 Å². The number of phenolic OH excluding ortho intramolecular Hbond substituents is 1. The van der Waals surface area contributed by atoms with Crippen molar-refractivity contribution in [1.82, 2.24) is 0 Å². The molecule has 0 amide bonds. The van der Waals surface area contributed by atoms with Gasteiger partial charge < -0.3 is 10.8 Å². The van der Waals surface area contributed by atoms with Gasteiger partial charge >= 0.3 is 0 Å². The first-order chi connectivity index (χ1) is 7.11. The number of halogens is 3. The van der Waals surface area contributed by atoms with E-state index >= 15 is 0 Å². The Balaban J connectivity index is 0.00000128. The highest BCUT2D eigenvalue weighted by atomic mass is 79.9. The summed E-state index contributed by atoms with van der Waals surface area (Å²) in [5.74, 6) is -0.0975. The van der Waals surface area contributed by atoms with Gasteiger partial charge in [-0.05, 0) is 40.8 Å². The zero-order valence-electron chi connectivity index (χ0n) is 8.62. The molecule has 0 unspecified atom stereocenters. The van der Waals surface area contributed by atoms with Crippen molar-refractivity contribution < 1.29 is 9.50 Å². The molecule has 0 aliphatic heterocycles. The van der Waals surface area contributed by atoms with Crippen LogP contribution >= 0.6 is 28.3 Å². The van der Waals surface area contributed by atoms with Crippen LogP contribution in [-0.4, -0.2) is 5.11 Å². The van der Waals surface area contributed by atoms with Gasteiger partial charge in [0.15, 0.2) is 0 Å². The minimum absolute atomic E-state index is 0. The molecule has 2 rings (SSSR count). The minimum Gasteiger partial charge on any atom is -0.506 e. The van der Waals surface area contributed by atoms with E-state index in [-0.39, 0.29) is 28.7 Å². The maximum absolute atomic E-state index is 13.1. The van der Waals surface area contributed by atoms with Gasteiger partial charge in [-0.25, -0.2) is 4.39 Å². The molecule has 1 aliphatic carbocycles. The van der Waals surface area contributed by atoms with E-state index in [4.69, 9.17) is 5.73 Å². The van der Waals surface area contributed by atoms with Gasteiger partial charge in [0.1, 0.15) is 11.6 Å². The third-order valence-corrected chi connectivity index (χ3v) is 3.87. The predicted molar refractivity (Wildman–Crippen MR) is 67.3 cm³/mol. The van der Waals surface area contributed by atoms with Gasteiger partial charge in [-0.3, -0.25) is 0 Å². The topological polar surface area (TPSA) is 46.2 Å². The monoisotopic (exact) mass is 309 g/mol. The molecule has 0 aromatic heterocycles. The lowest BCUT2D eigenvalue weighted by atomic mass is 9.77. The number of nitrogens with two attached hydrogens (primary N) is 1. The summed E-state index contributed by atoms with van der Waals surface area (Å²) in [5.41, 5.74) is 6.65. The van der Waals surface area contributed by atoms with Gasteiger partial charge in [0, 0.05) is 11.6 Å². The molecule has 5 heteroatoms. The Morgan fingerprint density at radius 3 is 2.56 bits per heavy atom. The van der Waals surface area contributed by atoms with Gasteiger partial charge in [-0.2, -0.15) is 0 Å². The minimum atomic E-state index is -0.461. The molecule has 0 heterocycles. The van der Waals surface area contributed by atoms with Gasteiger partial charge in [0.2, 0.25) is 0 Å². The van der Waals surface area contributed by atoms with E-state index in [0.717, 1.165) is 12.8 Å². The van der Waals surface area contributed by atoms with Crippen LogP contribution in [0, 0.1) is 11.7 Å². The smallest absolute Gasteiger partial charge is 0.141 e. The third-order valence-electron chi connectivity index (χ3n) is 3.12. The summed E-state index contributed by atoms with van der Waals surface area (Å²) < 4.78 is 13.2. The van der Waals surface area contributed by atoms with Gasteiger partial charge in [0.25, 0.3) is 0 Å². The Bertz CT molecular complexity index is 384. The fraction of sp³-hybridized carbons (Fsp3) is 0.455. The highest BCUT2D eigenvalue weighted by molar-refractivity contribution is 9.10. The molecular weight excluding hydrogens is 296 g/mol. The van der Waals surface area contributed by atoms with Crippen molar-refractivity contribution in [3.05, 3.63) is 28.0 Å². The number of rotatable bonds is 2. The third kappa shape index (κ3) is 2.34. The highest BCUT2D eigenvalue weighted by Crippen LogP contribution is 2.41. The molecule has 1 aromatic carbocycles. The summed E-state index contributed by atoms with van der Waals surface area (Å²) in [6.07, 6.45) is 3.38. The Morgan fingerprint density at radius 2 is 2.06 bits per heavy atom. The Hall–Kier alpha value is -0.320. The van der Waals surface area contributed by atoms with Crippen LogP contribution in [0.5, 0.6) is 5.75 Å². The van der Waals surface area contributed by atoms with E-state index in [1.54, 1.807) is 6.07 Å². The molecule has 1 aromatic rings. The quantitative estimate of drug-likeness (QED) is 0.878. The summed E-state index contributed by atoms with van der Waals surface area (Å²) in [6.45, 7) is 0. The van der Waals surface area contributed by atoms with Crippen LogP contribution in [0.3, 0.4) is 0 Å². The molecule has 0 spiro atoms. The normalized spacial score (nSPS) is 17.4. The van der Waals surface area contributed by atoms with E-state index in [2.05, 4.69) is 15.9 Å². The lowest BCUT2D eigenvalue weighted by Crippen LogP contribution is -2.26. The van der Waals surface area contributed by atoms with Gasteiger partial charge in [-0.1, -0.05) is 12.5 Å². The van der Waals surface area contributed by atoms with Gasteiger partial charge in [-0.15, -0.1) is 12.4 Å². The second-order valence-electron chi connectivity index (χ2n) is 4.02. The second-order valence-corrected chi connectivity index (χ2v) is 4.81. The van der Waals surface area contributed by atoms with Crippen LogP contribution in [0.4, 0.5) is 4.39 Å². The molecule has 0 saturated heterocycles. The molecule has 1 aliphatic rings. The first-order valence-electron chi connectivity index (χ1n) is 5.03. The lowest BCUT2D eigenvalue weighted by Gasteiger charge is -2.31. The number of phenols is 1. The summed E-state index contributed by atoms with van der Waals surface area (Å²) in [5, 5.41) is 9.75. The maximum atomic E-state index is 13.1. The zero-order valence-corrected chi connectivity index (χ0v) is 11.0. The van der Waals surface area contributed by atoms with Crippen LogP contribution in [0.25, 0.3) is 0 Å². The highest BCUT2D eigenvalue weighted by Gasteiger charge is 2.28. The Morgan fingerprint density at radius 1 is 1.44 bits per heavy atom. The van der Waals surface area contributed by atoms with Crippen molar-refractivity contribution >= 4 is 28.3 Å². The molecule has 3 N–H and O–H groups in total. The SMILES string of the molecule is Cl.N[C@H](c1ccc(F)c(Br)c1O)C1CCC1. The summed E-state index contributed by atoms with van der Waals surface area (Å²) in [4.78, 5) is 0. The van der Waals surface area contributed by atoms with Gasteiger partial charge in [0.05, 0.1) is 4.47 Å². The summed E-state index contributed by atoms with van der Waals surface area (Å²) in [6, 6.07) is 2.71. The van der Waals surface area contributed by atoms with E-state index in [9.17, 15) is 9.50 Å². The van der Waals surface area contributed by atoms with E-state index in [1.807, 2.05) is 0 Å². The number of aromatic hydroxyl groups is 1. The molecule has 90 valence electrons. The van der Waals surface area contributed by atoms with Crippen LogP contribution < -0.4 is 5.73 Å². The molecule has 1 atom stereocenters. The van der Waals surface area contributed by atoms with Crippen molar-refractivity contribution in [3.63, 3.8) is 0 Å². The predicted octanol–water partition coefficient (Wildman–Crippen LogP) is 3.52. The largest absolute Gasteiger partial charge is 0.506 e. The van der Waals surface area contributed by atoms with Crippen molar-refractivity contribution in [2.24, 2.45) is 11.7 Å². The molecule has 1 saturated carbocycles. The number of hydrogen-bond donors (Lipinski definition) is 2. The maximum Gasteiger partial charge on any atom is 0.141 e. The molecule has 1 fully saturated rings. The lowest BCUT2D eigenvalue weighted by molar-refractivity contribution is 0.260.